The first-order chi connectivity index (χ1) is 12.8. The number of amides is 1. The van der Waals surface area contributed by atoms with Gasteiger partial charge in [-0.15, -0.1) is 0 Å². The molecule has 0 saturated heterocycles. The van der Waals surface area contributed by atoms with Crippen LogP contribution < -0.4 is 15.4 Å². The Balaban J connectivity index is 2.17. The number of carbonyl (C=O) groups excluding carboxylic acids is 1. The van der Waals surface area contributed by atoms with E-state index < -0.39 is 10.8 Å². The molecule has 0 fully saturated rings. The Labute approximate surface area is 164 Å². The molecule has 0 bridgehead atoms. The second kappa shape index (κ2) is 8.89. The van der Waals surface area contributed by atoms with Gasteiger partial charge in [0.15, 0.2) is 0 Å². The summed E-state index contributed by atoms with van der Waals surface area (Å²) in [5, 5.41) is 25.6. The molecule has 0 atom stereocenters. The van der Waals surface area contributed by atoms with Crippen molar-refractivity contribution in [2.75, 3.05) is 17.7 Å². The topological polar surface area (TPSA) is 117 Å². The van der Waals surface area contributed by atoms with E-state index in [1.807, 2.05) is 0 Å². The maximum atomic E-state index is 12.2. The van der Waals surface area contributed by atoms with Crippen molar-refractivity contribution in [3.8, 4) is 11.8 Å². The van der Waals surface area contributed by atoms with Crippen LogP contribution in [-0.4, -0.2) is 17.9 Å². The Morgan fingerprint density at radius 2 is 2.00 bits per heavy atom. The van der Waals surface area contributed by atoms with Crippen molar-refractivity contribution in [2.45, 2.75) is 0 Å². The molecule has 0 saturated carbocycles. The van der Waals surface area contributed by atoms with E-state index in [0.29, 0.717) is 16.5 Å². The van der Waals surface area contributed by atoms with Crippen molar-refractivity contribution < 1.29 is 14.5 Å². The molecule has 0 aliphatic carbocycles. The van der Waals surface area contributed by atoms with E-state index in [0.717, 1.165) is 6.20 Å². The summed E-state index contributed by atoms with van der Waals surface area (Å²) in [4.78, 5) is 22.5. The highest BCUT2D eigenvalue weighted by molar-refractivity contribution is 6.33. The highest BCUT2D eigenvalue weighted by atomic mass is 35.5. The van der Waals surface area contributed by atoms with Crippen molar-refractivity contribution in [3.05, 3.63) is 68.3 Å². The van der Waals surface area contributed by atoms with E-state index in [1.54, 1.807) is 18.2 Å². The summed E-state index contributed by atoms with van der Waals surface area (Å²) < 4.78 is 5.02. The Morgan fingerprint density at radius 1 is 1.26 bits per heavy atom. The van der Waals surface area contributed by atoms with Gasteiger partial charge in [-0.2, -0.15) is 5.26 Å². The van der Waals surface area contributed by atoms with E-state index >= 15 is 0 Å². The van der Waals surface area contributed by atoms with Crippen LogP contribution in [0.1, 0.15) is 0 Å². The highest BCUT2D eigenvalue weighted by Gasteiger charge is 2.13. The summed E-state index contributed by atoms with van der Waals surface area (Å²) in [7, 11) is 1.46. The molecule has 8 nitrogen and oxygen atoms in total. The van der Waals surface area contributed by atoms with Crippen molar-refractivity contribution in [3.63, 3.8) is 0 Å². The molecule has 2 aromatic rings. The SMILES string of the molecule is COc1ccc(NC(=O)/C(C#N)=C\Nc2cc([N+](=O)[O-])ccc2Cl)cc1Cl. The minimum absolute atomic E-state index is 0.180. The largest absolute Gasteiger partial charge is 0.495 e. The van der Waals surface area contributed by atoms with Crippen LogP contribution in [0.15, 0.2) is 48.2 Å². The normalized spacial score (nSPS) is 10.7. The molecule has 27 heavy (non-hydrogen) atoms. The first-order valence-electron chi connectivity index (χ1n) is 7.31. The summed E-state index contributed by atoms with van der Waals surface area (Å²) in [5.41, 5.74) is 0.0786. The van der Waals surface area contributed by atoms with Gasteiger partial charge in [-0.25, -0.2) is 0 Å². The van der Waals surface area contributed by atoms with Gasteiger partial charge in [0.05, 0.1) is 27.8 Å². The standard InChI is InChI=1S/C17H12Cl2N4O4/c1-27-16-5-2-11(6-14(16)19)22-17(24)10(8-20)9-21-15-7-12(23(25)26)3-4-13(15)18/h2-7,9,21H,1H3,(H,22,24)/b10-9-. The molecule has 2 rings (SSSR count). The Kier molecular flexibility index (Phi) is 6.60. The zero-order chi connectivity index (χ0) is 20.0. The molecule has 0 unspecified atom stereocenters. The number of non-ortho nitro benzene ring substituents is 1. The summed E-state index contributed by atoms with van der Waals surface area (Å²) >= 11 is 11.9. The number of benzene rings is 2. The molecule has 10 heteroatoms. The Bertz CT molecular complexity index is 970. The third kappa shape index (κ3) is 5.10. The van der Waals surface area contributed by atoms with E-state index in [4.69, 9.17) is 27.9 Å². The second-order valence-corrected chi connectivity index (χ2v) is 5.85. The molecular weight excluding hydrogens is 395 g/mol. The number of rotatable bonds is 6. The van der Waals surface area contributed by atoms with E-state index in [9.17, 15) is 20.2 Å². The zero-order valence-corrected chi connectivity index (χ0v) is 15.3. The fraction of sp³-hybridized carbons (Fsp3) is 0.0588. The van der Waals surface area contributed by atoms with Gasteiger partial charge in [-0.05, 0) is 24.3 Å². The van der Waals surface area contributed by atoms with Crippen LogP contribution in [-0.2, 0) is 4.79 Å². The lowest BCUT2D eigenvalue weighted by Crippen LogP contribution is -2.14. The van der Waals surface area contributed by atoms with Crippen LogP contribution >= 0.6 is 23.2 Å². The number of carbonyl (C=O) groups is 1. The van der Waals surface area contributed by atoms with Crippen molar-refractivity contribution in [1.29, 1.82) is 5.26 Å². The second-order valence-electron chi connectivity index (χ2n) is 5.04. The zero-order valence-electron chi connectivity index (χ0n) is 13.8. The smallest absolute Gasteiger partial charge is 0.271 e. The van der Waals surface area contributed by atoms with Gasteiger partial charge in [0.1, 0.15) is 17.4 Å². The lowest BCUT2D eigenvalue weighted by Gasteiger charge is -2.08. The minimum Gasteiger partial charge on any atom is -0.495 e. The average Bonchev–Trinajstić information content (AvgIpc) is 2.63. The average molecular weight is 407 g/mol. The van der Waals surface area contributed by atoms with Gasteiger partial charge in [0.25, 0.3) is 11.6 Å². The van der Waals surface area contributed by atoms with Gasteiger partial charge >= 0.3 is 0 Å². The molecule has 0 aromatic heterocycles. The van der Waals surface area contributed by atoms with Crippen LogP contribution in [0.3, 0.4) is 0 Å². The Morgan fingerprint density at radius 3 is 2.59 bits per heavy atom. The molecule has 0 heterocycles. The van der Waals surface area contributed by atoms with Gasteiger partial charge < -0.3 is 15.4 Å². The summed E-state index contributed by atoms with van der Waals surface area (Å²) in [6.45, 7) is 0. The van der Waals surface area contributed by atoms with E-state index in [2.05, 4.69) is 10.6 Å². The van der Waals surface area contributed by atoms with Gasteiger partial charge in [0, 0.05) is 24.0 Å². The Hall–Kier alpha value is -3.28. The molecule has 138 valence electrons. The molecular formula is C17H12Cl2N4O4. The van der Waals surface area contributed by atoms with Gasteiger partial charge in [0.2, 0.25) is 0 Å². The predicted octanol–water partition coefficient (Wildman–Crippen LogP) is 4.37. The van der Waals surface area contributed by atoms with Crippen molar-refractivity contribution in [2.24, 2.45) is 0 Å². The molecule has 0 spiro atoms. The number of halogens is 2. The van der Waals surface area contributed by atoms with Crippen LogP contribution in [0, 0.1) is 21.4 Å². The highest BCUT2D eigenvalue weighted by Crippen LogP contribution is 2.28. The number of hydrogen-bond donors (Lipinski definition) is 2. The quantitative estimate of drug-likeness (QED) is 0.318. The number of nitrogens with one attached hydrogen (secondary N) is 2. The number of hydrogen-bond acceptors (Lipinski definition) is 6. The lowest BCUT2D eigenvalue weighted by molar-refractivity contribution is -0.384. The number of nitro groups is 1. The van der Waals surface area contributed by atoms with Crippen molar-refractivity contribution >= 4 is 46.2 Å². The molecule has 1 amide bonds. The van der Waals surface area contributed by atoms with E-state index in [-0.39, 0.29) is 22.0 Å². The van der Waals surface area contributed by atoms with Crippen LogP contribution in [0.25, 0.3) is 0 Å². The van der Waals surface area contributed by atoms with Crippen molar-refractivity contribution in [1.82, 2.24) is 0 Å². The lowest BCUT2D eigenvalue weighted by atomic mass is 10.2. The first-order valence-corrected chi connectivity index (χ1v) is 8.07. The van der Waals surface area contributed by atoms with Crippen LogP contribution in [0.4, 0.5) is 17.1 Å². The third-order valence-electron chi connectivity index (χ3n) is 3.31. The third-order valence-corrected chi connectivity index (χ3v) is 3.93. The summed E-state index contributed by atoms with van der Waals surface area (Å²) in [5.74, 6) is -0.263. The molecule has 2 N–H and O–H groups in total. The number of methoxy groups -OCH3 is 1. The fourth-order valence-corrected chi connectivity index (χ4v) is 2.41. The van der Waals surface area contributed by atoms with Crippen LogP contribution in [0.5, 0.6) is 5.75 Å². The number of nitrogens with zero attached hydrogens (tertiary/aromatic N) is 2. The molecule has 0 aliphatic heterocycles. The number of nitro benzene ring substituents is 1. The monoisotopic (exact) mass is 406 g/mol. The molecule has 2 aromatic carbocycles. The predicted molar refractivity (Wildman–Crippen MR) is 102 cm³/mol. The van der Waals surface area contributed by atoms with Gasteiger partial charge in [-0.3, -0.25) is 14.9 Å². The van der Waals surface area contributed by atoms with Gasteiger partial charge in [-0.1, -0.05) is 23.2 Å². The maximum absolute atomic E-state index is 12.2. The summed E-state index contributed by atoms with van der Waals surface area (Å²) in [6, 6.07) is 10.1. The molecule has 0 aliphatic rings. The minimum atomic E-state index is -0.701. The fourth-order valence-electron chi connectivity index (χ4n) is 1.98. The van der Waals surface area contributed by atoms with Crippen LogP contribution in [0.2, 0.25) is 10.0 Å². The number of anilines is 2. The number of nitriles is 1. The first kappa shape index (κ1) is 20.0. The number of ether oxygens (including phenoxy) is 1. The maximum Gasteiger partial charge on any atom is 0.271 e. The van der Waals surface area contributed by atoms with E-state index in [1.165, 1.54) is 31.4 Å². The summed E-state index contributed by atoms with van der Waals surface area (Å²) in [6.07, 6.45) is 1.10. The molecule has 0 radical (unpaired) electrons.